The Morgan fingerprint density at radius 3 is 2.88 bits per heavy atom. The van der Waals surface area contributed by atoms with Gasteiger partial charge in [-0.25, -0.2) is 9.07 Å². The Morgan fingerprint density at radius 1 is 1.27 bits per heavy atom. The minimum Gasteiger partial charge on any atom is -0.372 e. The van der Waals surface area contributed by atoms with E-state index in [1.165, 1.54) is 6.07 Å². The third-order valence-corrected chi connectivity index (χ3v) is 4.74. The van der Waals surface area contributed by atoms with Crippen LogP contribution in [-0.2, 0) is 18.3 Å². The lowest BCUT2D eigenvalue weighted by molar-refractivity contribution is 0.0979. The van der Waals surface area contributed by atoms with Crippen LogP contribution in [-0.4, -0.2) is 32.2 Å². The number of ether oxygens (including phenoxy) is 1. The normalized spacial score (nSPS) is 20.0. The maximum absolute atomic E-state index is 13.9. The minimum atomic E-state index is -0.286. The van der Waals surface area contributed by atoms with Gasteiger partial charge >= 0.3 is 0 Å². The molecule has 1 aliphatic heterocycles. The summed E-state index contributed by atoms with van der Waals surface area (Å²) in [5.74, 6) is -0.286. The molecule has 1 aromatic carbocycles. The molecule has 7 heteroatoms. The summed E-state index contributed by atoms with van der Waals surface area (Å²) in [6.07, 6.45) is 4.74. The Kier molecular flexibility index (Phi) is 4.57. The number of benzene rings is 1. The predicted octanol–water partition coefficient (Wildman–Crippen LogP) is 2.67. The fraction of sp³-hybridized carbons (Fsp3) is 0.368. The first-order valence-electron chi connectivity index (χ1n) is 8.76. The number of nitrogens with zero attached hydrogens (tertiary/aromatic N) is 4. The summed E-state index contributed by atoms with van der Waals surface area (Å²) in [7, 11) is 1.92. The predicted molar refractivity (Wildman–Crippen MR) is 95.4 cm³/mol. The van der Waals surface area contributed by atoms with Gasteiger partial charge in [-0.3, -0.25) is 4.68 Å². The molecule has 1 aliphatic rings. The number of halogens is 1. The van der Waals surface area contributed by atoms with Crippen LogP contribution in [0.25, 0.3) is 5.69 Å². The molecule has 0 aliphatic carbocycles. The Balaban J connectivity index is 1.44. The van der Waals surface area contributed by atoms with E-state index in [4.69, 9.17) is 4.74 Å². The number of para-hydroxylation sites is 1. The second-order valence-electron chi connectivity index (χ2n) is 6.61. The van der Waals surface area contributed by atoms with E-state index in [2.05, 4.69) is 15.5 Å². The van der Waals surface area contributed by atoms with Gasteiger partial charge in [-0.15, -0.1) is 0 Å². The van der Waals surface area contributed by atoms with Crippen molar-refractivity contribution in [1.29, 1.82) is 0 Å². The van der Waals surface area contributed by atoms with Crippen LogP contribution in [0.4, 0.5) is 4.39 Å². The molecule has 4 rings (SSSR count). The van der Waals surface area contributed by atoms with Crippen LogP contribution in [0.2, 0.25) is 0 Å². The molecule has 6 nitrogen and oxygen atoms in total. The van der Waals surface area contributed by atoms with Gasteiger partial charge in [-0.05, 0) is 31.5 Å². The Morgan fingerprint density at radius 2 is 2.12 bits per heavy atom. The average Bonchev–Trinajstić information content (AvgIpc) is 3.33. The van der Waals surface area contributed by atoms with Crippen molar-refractivity contribution in [1.82, 2.24) is 24.9 Å². The van der Waals surface area contributed by atoms with E-state index < -0.39 is 0 Å². The van der Waals surface area contributed by atoms with Crippen molar-refractivity contribution in [2.24, 2.45) is 7.05 Å². The van der Waals surface area contributed by atoms with Crippen molar-refractivity contribution in [3.8, 4) is 5.69 Å². The lowest BCUT2D eigenvalue weighted by Crippen LogP contribution is -2.31. The highest BCUT2D eigenvalue weighted by atomic mass is 19.1. The van der Waals surface area contributed by atoms with Crippen LogP contribution in [0.1, 0.15) is 29.5 Å². The lowest BCUT2D eigenvalue weighted by Gasteiger charge is -2.19. The molecule has 0 bridgehead atoms. The number of nitrogens with one attached hydrogen (secondary N) is 1. The van der Waals surface area contributed by atoms with E-state index in [0.717, 1.165) is 30.0 Å². The van der Waals surface area contributed by atoms with E-state index in [9.17, 15) is 4.39 Å². The average molecular weight is 355 g/mol. The Labute approximate surface area is 151 Å². The summed E-state index contributed by atoms with van der Waals surface area (Å²) in [4.78, 5) is 0. The van der Waals surface area contributed by atoms with Crippen LogP contribution in [0, 0.1) is 12.7 Å². The van der Waals surface area contributed by atoms with Crippen LogP contribution in [0.3, 0.4) is 0 Å². The topological polar surface area (TPSA) is 56.9 Å². The molecule has 2 atom stereocenters. The highest BCUT2D eigenvalue weighted by Gasteiger charge is 2.31. The van der Waals surface area contributed by atoms with Gasteiger partial charge in [0, 0.05) is 44.2 Å². The molecule has 0 amide bonds. The fourth-order valence-electron chi connectivity index (χ4n) is 3.47. The van der Waals surface area contributed by atoms with Gasteiger partial charge in [0.15, 0.2) is 0 Å². The number of hydrogen-bond acceptors (Lipinski definition) is 4. The van der Waals surface area contributed by atoms with Crippen molar-refractivity contribution in [3.05, 3.63) is 65.5 Å². The zero-order valence-electron chi connectivity index (χ0n) is 14.9. The third-order valence-electron chi connectivity index (χ3n) is 4.74. The molecule has 0 radical (unpaired) electrons. The highest BCUT2D eigenvalue weighted by molar-refractivity contribution is 5.32. The van der Waals surface area contributed by atoms with Gasteiger partial charge in [0.2, 0.25) is 0 Å². The Hall–Kier alpha value is -2.51. The molecule has 26 heavy (non-hydrogen) atoms. The lowest BCUT2D eigenvalue weighted by atomic mass is 10.0. The number of aryl methyl sites for hydroxylation is 2. The molecule has 3 heterocycles. The van der Waals surface area contributed by atoms with Gasteiger partial charge in [0.25, 0.3) is 0 Å². The summed E-state index contributed by atoms with van der Waals surface area (Å²) in [5, 5.41) is 12.4. The van der Waals surface area contributed by atoms with E-state index >= 15 is 0 Å². The van der Waals surface area contributed by atoms with Crippen molar-refractivity contribution in [3.63, 3.8) is 0 Å². The van der Waals surface area contributed by atoms with E-state index in [0.29, 0.717) is 12.2 Å². The van der Waals surface area contributed by atoms with E-state index in [1.807, 2.05) is 30.9 Å². The van der Waals surface area contributed by atoms with Crippen LogP contribution in [0.5, 0.6) is 0 Å². The number of rotatable bonds is 5. The van der Waals surface area contributed by atoms with Gasteiger partial charge in [-0.2, -0.15) is 10.2 Å². The standard InChI is InChI=1S/C19H22FN5O/c1-13-15(12-24(2)22-13)19-17(8-10-26-19)21-11-14-7-9-25(23-14)18-6-4-3-5-16(18)20/h3-7,9,12,17,19,21H,8,10-11H2,1-2H3/t17-,19+/m0/s1. The van der Waals surface area contributed by atoms with Crippen molar-refractivity contribution < 1.29 is 9.13 Å². The zero-order valence-corrected chi connectivity index (χ0v) is 14.9. The first kappa shape index (κ1) is 16.9. The second kappa shape index (κ2) is 7.01. The summed E-state index contributed by atoms with van der Waals surface area (Å²) < 4.78 is 23.2. The van der Waals surface area contributed by atoms with Gasteiger partial charge < -0.3 is 10.1 Å². The zero-order chi connectivity index (χ0) is 18.1. The molecule has 1 fully saturated rings. The second-order valence-corrected chi connectivity index (χ2v) is 6.61. The summed E-state index contributed by atoms with van der Waals surface area (Å²) >= 11 is 0. The summed E-state index contributed by atoms with van der Waals surface area (Å²) in [6.45, 7) is 3.33. The van der Waals surface area contributed by atoms with Crippen LogP contribution >= 0.6 is 0 Å². The quantitative estimate of drug-likeness (QED) is 0.765. The first-order chi connectivity index (χ1) is 12.6. The molecule has 0 unspecified atom stereocenters. The fourth-order valence-corrected chi connectivity index (χ4v) is 3.47. The molecule has 2 aromatic heterocycles. The smallest absolute Gasteiger partial charge is 0.148 e. The largest absolute Gasteiger partial charge is 0.372 e. The Bertz CT molecular complexity index is 903. The van der Waals surface area contributed by atoms with Gasteiger partial charge in [-0.1, -0.05) is 12.1 Å². The molecule has 3 aromatic rings. The first-order valence-corrected chi connectivity index (χ1v) is 8.76. The molecule has 0 spiro atoms. The molecule has 0 saturated carbocycles. The molecule has 1 saturated heterocycles. The number of hydrogen-bond donors (Lipinski definition) is 1. The van der Waals surface area contributed by atoms with E-state index in [1.54, 1.807) is 29.1 Å². The highest BCUT2D eigenvalue weighted by Crippen LogP contribution is 2.31. The van der Waals surface area contributed by atoms with Crippen molar-refractivity contribution in [2.75, 3.05) is 6.61 Å². The molecule has 1 N–H and O–H groups in total. The summed E-state index contributed by atoms with van der Waals surface area (Å²) in [6, 6.07) is 8.73. The molecule has 136 valence electrons. The van der Waals surface area contributed by atoms with Crippen molar-refractivity contribution >= 4 is 0 Å². The number of aromatic nitrogens is 4. The maximum Gasteiger partial charge on any atom is 0.148 e. The SMILES string of the molecule is Cc1nn(C)cc1[C@H]1OCC[C@@H]1NCc1ccn(-c2ccccc2F)n1. The maximum atomic E-state index is 13.9. The van der Waals surface area contributed by atoms with E-state index in [-0.39, 0.29) is 18.0 Å². The third kappa shape index (κ3) is 3.27. The molecular weight excluding hydrogens is 333 g/mol. The monoisotopic (exact) mass is 355 g/mol. The van der Waals surface area contributed by atoms with Crippen LogP contribution < -0.4 is 5.32 Å². The molecular formula is C19H22FN5O. The van der Waals surface area contributed by atoms with Crippen molar-refractivity contribution in [2.45, 2.75) is 32.0 Å². The summed E-state index contributed by atoms with van der Waals surface area (Å²) in [5.41, 5.74) is 3.43. The van der Waals surface area contributed by atoms with Gasteiger partial charge in [0.05, 0.1) is 11.4 Å². The van der Waals surface area contributed by atoms with Gasteiger partial charge in [0.1, 0.15) is 17.6 Å². The minimum absolute atomic E-state index is 0.00245. The van der Waals surface area contributed by atoms with Crippen LogP contribution in [0.15, 0.2) is 42.7 Å².